The lowest BCUT2D eigenvalue weighted by Gasteiger charge is -2.12. The molecule has 1 rings (SSSR count). The number of carbonyl (C=O) groups is 1. The summed E-state index contributed by atoms with van der Waals surface area (Å²) >= 11 is 0. The third kappa shape index (κ3) is 5.11. The summed E-state index contributed by atoms with van der Waals surface area (Å²) in [5.74, 6) is 6.01. The molecule has 19 heavy (non-hydrogen) atoms. The zero-order valence-electron chi connectivity index (χ0n) is 11.6. The fourth-order valence-electron chi connectivity index (χ4n) is 1.66. The Hall–Kier alpha value is -1.86. The predicted octanol–water partition coefficient (Wildman–Crippen LogP) is 1.56. The highest BCUT2D eigenvalue weighted by molar-refractivity contribution is 5.92. The summed E-state index contributed by atoms with van der Waals surface area (Å²) < 4.78 is 0. The van der Waals surface area contributed by atoms with Crippen molar-refractivity contribution in [1.82, 2.24) is 10.3 Å². The van der Waals surface area contributed by atoms with E-state index in [0.29, 0.717) is 24.7 Å². The quantitative estimate of drug-likeness (QED) is 0.788. The van der Waals surface area contributed by atoms with Crippen molar-refractivity contribution in [1.29, 1.82) is 0 Å². The van der Waals surface area contributed by atoms with Gasteiger partial charge in [-0.05, 0) is 18.1 Å². The van der Waals surface area contributed by atoms with Gasteiger partial charge in [0.25, 0.3) is 5.91 Å². The van der Waals surface area contributed by atoms with Gasteiger partial charge in [0, 0.05) is 18.3 Å². The number of nitrogens with one attached hydrogen (secondary N) is 1. The zero-order chi connectivity index (χ0) is 14.1. The molecular weight excluding hydrogens is 238 g/mol. The van der Waals surface area contributed by atoms with Crippen LogP contribution in [0.25, 0.3) is 0 Å². The lowest BCUT2D eigenvalue weighted by molar-refractivity contribution is 0.0941. The molecule has 4 heteroatoms. The average Bonchev–Trinajstić information content (AvgIpc) is 2.46. The normalized spacial score (nSPS) is 9.89. The first-order chi connectivity index (χ1) is 9.21. The first kappa shape index (κ1) is 15.2. The number of aromatic nitrogens is 1. The maximum Gasteiger partial charge on any atom is 0.269 e. The molecule has 0 saturated carbocycles. The van der Waals surface area contributed by atoms with Crippen molar-refractivity contribution in [2.75, 3.05) is 13.1 Å². The Morgan fingerprint density at radius 3 is 2.68 bits per heavy atom. The van der Waals surface area contributed by atoms with Crippen LogP contribution < -0.4 is 11.1 Å². The van der Waals surface area contributed by atoms with Gasteiger partial charge in [-0.1, -0.05) is 38.5 Å². The Kier molecular flexibility index (Phi) is 6.62. The Labute approximate surface area is 114 Å². The molecule has 0 bridgehead atoms. The third-order valence-electron chi connectivity index (χ3n) is 3.04. The lowest BCUT2D eigenvalue weighted by Crippen LogP contribution is -2.29. The van der Waals surface area contributed by atoms with Crippen molar-refractivity contribution in [3.8, 4) is 11.8 Å². The van der Waals surface area contributed by atoms with Crippen LogP contribution in [0.2, 0.25) is 0 Å². The van der Waals surface area contributed by atoms with Gasteiger partial charge in [0.2, 0.25) is 0 Å². The Bertz CT molecular complexity index is 453. The van der Waals surface area contributed by atoms with Crippen LogP contribution in [0.15, 0.2) is 18.3 Å². The van der Waals surface area contributed by atoms with Crippen molar-refractivity contribution < 1.29 is 4.79 Å². The average molecular weight is 259 g/mol. The third-order valence-corrected chi connectivity index (χ3v) is 3.04. The molecule has 0 unspecified atom stereocenters. The minimum Gasteiger partial charge on any atom is -0.350 e. The second kappa shape index (κ2) is 8.28. The molecule has 0 atom stereocenters. The molecule has 4 nitrogen and oxygen atoms in total. The van der Waals surface area contributed by atoms with Gasteiger partial charge in [-0.3, -0.25) is 4.79 Å². The molecule has 0 fully saturated rings. The highest BCUT2D eigenvalue weighted by Crippen LogP contribution is 2.06. The van der Waals surface area contributed by atoms with E-state index in [1.807, 2.05) is 0 Å². The van der Waals surface area contributed by atoms with Crippen LogP contribution in [-0.4, -0.2) is 24.0 Å². The zero-order valence-corrected chi connectivity index (χ0v) is 11.6. The minimum absolute atomic E-state index is 0.134. The number of hydrogen-bond donors (Lipinski definition) is 2. The molecule has 1 amide bonds. The molecule has 1 aromatic heterocycles. The fourth-order valence-corrected chi connectivity index (χ4v) is 1.66. The summed E-state index contributed by atoms with van der Waals surface area (Å²) in [6, 6.07) is 3.46. The van der Waals surface area contributed by atoms with E-state index >= 15 is 0 Å². The Morgan fingerprint density at radius 2 is 2.16 bits per heavy atom. The number of nitrogens with zero attached hydrogens (tertiary/aromatic N) is 1. The first-order valence-electron chi connectivity index (χ1n) is 6.64. The summed E-state index contributed by atoms with van der Waals surface area (Å²) in [6.45, 7) is 5.27. The second-order valence-corrected chi connectivity index (χ2v) is 4.33. The van der Waals surface area contributed by atoms with Crippen LogP contribution in [0.1, 0.15) is 42.7 Å². The van der Waals surface area contributed by atoms with E-state index in [1.165, 1.54) is 0 Å². The van der Waals surface area contributed by atoms with E-state index < -0.39 is 0 Å². The Balaban J connectivity index is 2.58. The summed E-state index contributed by atoms with van der Waals surface area (Å²) in [7, 11) is 0. The molecule has 0 saturated heterocycles. The molecule has 0 aliphatic carbocycles. The molecule has 0 aromatic carbocycles. The van der Waals surface area contributed by atoms with Gasteiger partial charge in [-0.2, -0.15) is 0 Å². The molecule has 102 valence electrons. The lowest BCUT2D eigenvalue weighted by atomic mass is 10.0. The highest BCUT2D eigenvalue weighted by atomic mass is 16.1. The van der Waals surface area contributed by atoms with Gasteiger partial charge in [-0.25, -0.2) is 4.98 Å². The van der Waals surface area contributed by atoms with Crippen molar-refractivity contribution in [3.05, 3.63) is 29.6 Å². The fraction of sp³-hybridized carbons (Fsp3) is 0.467. The van der Waals surface area contributed by atoms with Crippen LogP contribution in [0.3, 0.4) is 0 Å². The van der Waals surface area contributed by atoms with Crippen molar-refractivity contribution in [3.63, 3.8) is 0 Å². The second-order valence-electron chi connectivity index (χ2n) is 4.33. The van der Waals surface area contributed by atoms with Crippen LogP contribution in [0.5, 0.6) is 0 Å². The van der Waals surface area contributed by atoms with Crippen LogP contribution in [-0.2, 0) is 0 Å². The van der Waals surface area contributed by atoms with E-state index in [-0.39, 0.29) is 5.91 Å². The maximum absolute atomic E-state index is 11.9. The molecule has 3 N–H and O–H groups in total. The predicted molar refractivity (Wildman–Crippen MR) is 76.6 cm³/mol. The van der Waals surface area contributed by atoms with Crippen LogP contribution >= 0.6 is 0 Å². The van der Waals surface area contributed by atoms with Crippen molar-refractivity contribution in [2.45, 2.75) is 26.7 Å². The molecule has 0 aliphatic heterocycles. The molecule has 0 radical (unpaired) electrons. The largest absolute Gasteiger partial charge is 0.350 e. The summed E-state index contributed by atoms with van der Waals surface area (Å²) in [5, 5.41) is 2.91. The van der Waals surface area contributed by atoms with Crippen LogP contribution in [0.4, 0.5) is 0 Å². The summed E-state index contributed by atoms with van der Waals surface area (Å²) in [5.41, 5.74) is 6.48. The number of carbonyl (C=O) groups excluding carboxylic acids is 1. The molecule has 0 aliphatic rings. The van der Waals surface area contributed by atoms with Crippen LogP contribution in [0, 0.1) is 17.8 Å². The van der Waals surface area contributed by atoms with Gasteiger partial charge in [0.05, 0.1) is 6.54 Å². The number of amides is 1. The van der Waals surface area contributed by atoms with E-state index in [0.717, 1.165) is 18.4 Å². The van der Waals surface area contributed by atoms with Gasteiger partial charge in [0.15, 0.2) is 0 Å². The van der Waals surface area contributed by atoms with E-state index in [2.05, 4.69) is 36.0 Å². The summed E-state index contributed by atoms with van der Waals surface area (Å²) in [4.78, 5) is 16.0. The topological polar surface area (TPSA) is 68.0 Å². The highest BCUT2D eigenvalue weighted by Gasteiger charge is 2.09. The molecule has 0 spiro atoms. The SMILES string of the molecule is CCC(CC)CNC(=O)c1ccc(C#CCN)cn1. The Morgan fingerprint density at radius 1 is 1.42 bits per heavy atom. The van der Waals surface area contributed by atoms with E-state index in [4.69, 9.17) is 5.73 Å². The number of rotatable bonds is 5. The van der Waals surface area contributed by atoms with Gasteiger partial charge in [0.1, 0.15) is 5.69 Å². The van der Waals surface area contributed by atoms with Gasteiger partial charge >= 0.3 is 0 Å². The number of hydrogen-bond acceptors (Lipinski definition) is 3. The molecule has 1 heterocycles. The van der Waals surface area contributed by atoms with E-state index in [1.54, 1.807) is 18.3 Å². The molecule has 1 aromatic rings. The van der Waals surface area contributed by atoms with Gasteiger partial charge in [-0.15, -0.1) is 0 Å². The minimum atomic E-state index is -0.134. The monoisotopic (exact) mass is 259 g/mol. The van der Waals surface area contributed by atoms with E-state index in [9.17, 15) is 4.79 Å². The first-order valence-corrected chi connectivity index (χ1v) is 6.64. The maximum atomic E-state index is 11.9. The molecular formula is C15H21N3O. The number of nitrogens with two attached hydrogens (primary N) is 1. The number of pyridine rings is 1. The van der Waals surface area contributed by atoms with Gasteiger partial charge < -0.3 is 11.1 Å². The van der Waals surface area contributed by atoms with Crippen molar-refractivity contribution in [2.24, 2.45) is 11.7 Å². The standard InChI is InChI=1S/C15H21N3O/c1-3-12(4-2)10-18-15(19)14-8-7-13(11-17-14)6-5-9-16/h7-8,11-12H,3-4,9-10,16H2,1-2H3,(H,18,19). The smallest absolute Gasteiger partial charge is 0.269 e. The summed E-state index contributed by atoms with van der Waals surface area (Å²) in [6.07, 6.45) is 3.73. The van der Waals surface area contributed by atoms with Crippen molar-refractivity contribution >= 4 is 5.91 Å².